The van der Waals surface area contributed by atoms with Crippen molar-refractivity contribution in [2.75, 3.05) is 17.2 Å². The molecule has 23 heavy (non-hydrogen) atoms. The maximum Gasteiger partial charge on any atom is 0.228 e. The largest absolute Gasteiger partial charge is 0.383 e. The first-order valence-corrected chi connectivity index (χ1v) is 8.16. The second kappa shape index (κ2) is 8.18. The molecule has 0 saturated carbocycles. The lowest BCUT2D eigenvalue weighted by Crippen LogP contribution is -2.18. The van der Waals surface area contributed by atoms with Crippen LogP contribution < -0.4 is 10.6 Å². The minimum absolute atomic E-state index is 0.0458. The van der Waals surface area contributed by atoms with Crippen LogP contribution in [0.1, 0.15) is 19.4 Å². The van der Waals surface area contributed by atoms with Gasteiger partial charge in [0.15, 0.2) is 0 Å². The fourth-order valence-corrected chi connectivity index (χ4v) is 2.41. The van der Waals surface area contributed by atoms with Gasteiger partial charge in [0.1, 0.15) is 5.82 Å². The van der Waals surface area contributed by atoms with Crippen LogP contribution in [-0.2, 0) is 11.2 Å². The van der Waals surface area contributed by atoms with Gasteiger partial charge in [-0.1, -0.05) is 43.1 Å². The molecule has 0 aliphatic rings. The van der Waals surface area contributed by atoms with Crippen molar-refractivity contribution in [3.8, 4) is 0 Å². The second-order valence-electron chi connectivity index (χ2n) is 5.49. The molecule has 1 aromatic heterocycles. The number of nitrogens with one attached hydrogen (secondary N) is 2. The molecule has 4 nitrogen and oxygen atoms in total. The Hall–Kier alpha value is -1.78. The lowest BCUT2D eigenvalue weighted by molar-refractivity contribution is -0.118. The van der Waals surface area contributed by atoms with Crippen LogP contribution in [0.4, 0.5) is 11.5 Å². The molecule has 0 spiro atoms. The number of rotatable bonds is 6. The van der Waals surface area contributed by atoms with Crippen LogP contribution in [-0.4, -0.2) is 17.4 Å². The number of benzene rings is 1. The molecule has 1 aromatic carbocycles. The van der Waals surface area contributed by atoms with Crippen LogP contribution in [0.3, 0.4) is 0 Å². The van der Waals surface area contributed by atoms with Crippen molar-refractivity contribution in [3.63, 3.8) is 0 Å². The van der Waals surface area contributed by atoms with Crippen molar-refractivity contribution in [2.45, 2.75) is 20.3 Å². The fraction of sp³-hybridized carbons (Fsp3) is 0.294. The molecule has 0 aliphatic carbocycles. The zero-order valence-electron chi connectivity index (χ0n) is 13.1. The highest BCUT2D eigenvalue weighted by Crippen LogP contribution is 2.21. The molecule has 1 amide bonds. The standard InChI is InChI=1S/C17H19Cl2N3O/c1-11(2)17(23)22-16-6-5-14(10-21-16)20-8-7-12-3-4-13(18)9-15(12)19/h3-6,9-11,20H,7-8H2,1-2H3,(H,21,22,23). The molecule has 0 atom stereocenters. The fourth-order valence-electron chi connectivity index (χ4n) is 1.91. The molecule has 2 rings (SSSR count). The Bertz CT molecular complexity index is 672. The molecular weight excluding hydrogens is 333 g/mol. The van der Waals surface area contributed by atoms with Gasteiger partial charge in [-0.2, -0.15) is 0 Å². The van der Waals surface area contributed by atoms with Crippen LogP contribution in [0.2, 0.25) is 10.0 Å². The first kappa shape index (κ1) is 17.6. The zero-order valence-corrected chi connectivity index (χ0v) is 14.6. The topological polar surface area (TPSA) is 54.0 Å². The van der Waals surface area contributed by atoms with E-state index in [-0.39, 0.29) is 11.8 Å². The molecule has 0 radical (unpaired) electrons. The molecule has 2 N–H and O–H groups in total. The molecule has 0 bridgehead atoms. The summed E-state index contributed by atoms with van der Waals surface area (Å²) in [5.74, 6) is 0.435. The number of anilines is 2. The average Bonchev–Trinajstić information content (AvgIpc) is 2.51. The van der Waals surface area contributed by atoms with Crippen LogP contribution in [0.25, 0.3) is 0 Å². The monoisotopic (exact) mass is 351 g/mol. The SMILES string of the molecule is CC(C)C(=O)Nc1ccc(NCCc2ccc(Cl)cc2Cl)cn1. The van der Waals surface area contributed by atoms with Gasteiger partial charge in [-0.15, -0.1) is 0 Å². The maximum absolute atomic E-state index is 11.6. The maximum atomic E-state index is 11.6. The summed E-state index contributed by atoms with van der Waals surface area (Å²) in [6.45, 7) is 4.40. The molecule has 0 saturated heterocycles. The molecular formula is C17H19Cl2N3O. The highest BCUT2D eigenvalue weighted by atomic mass is 35.5. The van der Waals surface area contributed by atoms with E-state index in [0.29, 0.717) is 15.9 Å². The lowest BCUT2D eigenvalue weighted by Gasteiger charge is -2.10. The number of pyridine rings is 1. The third-order valence-electron chi connectivity index (χ3n) is 3.28. The Morgan fingerprint density at radius 1 is 1.22 bits per heavy atom. The minimum Gasteiger partial charge on any atom is -0.383 e. The zero-order chi connectivity index (χ0) is 16.8. The summed E-state index contributed by atoms with van der Waals surface area (Å²) in [6, 6.07) is 9.15. The molecule has 0 unspecified atom stereocenters. The van der Waals surface area contributed by atoms with Gasteiger partial charge in [-0.05, 0) is 36.2 Å². The van der Waals surface area contributed by atoms with E-state index in [9.17, 15) is 4.79 Å². The van der Waals surface area contributed by atoms with Gasteiger partial charge >= 0.3 is 0 Å². The predicted molar refractivity (Wildman–Crippen MR) is 96.4 cm³/mol. The molecule has 122 valence electrons. The highest BCUT2D eigenvalue weighted by Gasteiger charge is 2.07. The molecule has 2 aromatic rings. The predicted octanol–water partition coefficient (Wildman–Crippen LogP) is 4.64. The van der Waals surface area contributed by atoms with E-state index in [4.69, 9.17) is 23.2 Å². The number of carbonyl (C=O) groups is 1. The molecule has 6 heteroatoms. The summed E-state index contributed by atoms with van der Waals surface area (Å²) < 4.78 is 0. The van der Waals surface area contributed by atoms with Crippen molar-refractivity contribution >= 4 is 40.6 Å². The van der Waals surface area contributed by atoms with Crippen molar-refractivity contribution in [2.24, 2.45) is 5.92 Å². The van der Waals surface area contributed by atoms with E-state index in [1.165, 1.54) is 0 Å². The lowest BCUT2D eigenvalue weighted by atomic mass is 10.1. The van der Waals surface area contributed by atoms with Crippen molar-refractivity contribution in [3.05, 3.63) is 52.1 Å². The van der Waals surface area contributed by atoms with E-state index in [0.717, 1.165) is 24.2 Å². The Morgan fingerprint density at radius 3 is 2.61 bits per heavy atom. The van der Waals surface area contributed by atoms with Gasteiger partial charge in [-0.3, -0.25) is 4.79 Å². The van der Waals surface area contributed by atoms with Crippen LogP contribution in [0, 0.1) is 5.92 Å². The van der Waals surface area contributed by atoms with Gasteiger partial charge in [0, 0.05) is 22.5 Å². The van der Waals surface area contributed by atoms with E-state index in [2.05, 4.69) is 15.6 Å². The van der Waals surface area contributed by atoms with Gasteiger partial charge < -0.3 is 10.6 Å². The van der Waals surface area contributed by atoms with Crippen molar-refractivity contribution in [1.29, 1.82) is 0 Å². The molecule has 0 fully saturated rings. The number of amides is 1. The first-order chi connectivity index (χ1) is 11.0. The summed E-state index contributed by atoms with van der Waals surface area (Å²) in [6.07, 6.45) is 2.47. The minimum atomic E-state index is -0.0706. The third kappa shape index (κ3) is 5.41. The highest BCUT2D eigenvalue weighted by molar-refractivity contribution is 6.35. The van der Waals surface area contributed by atoms with Crippen molar-refractivity contribution < 1.29 is 4.79 Å². The Balaban J connectivity index is 1.85. The average molecular weight is 352 g/mol. The Kier molecular flexibility index (Phi) is 6.25. The number of aromatic nitrogens is 1. The second-order valence-corrected chi connectivity index (χ2v) is 6.33. The number of hydrogen-bond acceptors (Lipinski definition) is 3. The normalized spacial score (nSPS) is 10.7. The summed E-state index contributed by atoms with van der Waals surface area (Å²) in [4.78, 5) is 15.8. The summed E-state index contributed by atoms with van der Waals surface area (Å²) in [7, 11) is 0. The van der Waals surface area contributed by atoms with E-state index in [1.807, 2.05) is 32.0 Å². The van der Waals surface area contributed by atoms with Gasteiger partial charge in [0.25, 0.3) is 0 Å². The third-order valence-corrected chi connectivity index (χ3v) is 3.86. The van der Waals surface area contributed by atoms with E-state index in [1.54, 1.807) is 18.3 Å². The smallest absolute Gasteiger partial charge is 0.228 e. The number of hydrogen-bond donors (Lipinski definition) is 2. The summed E-state index contributed by atoms with van der Waals surface area (Å²) in [5, 5.41) is 7.33. The molecule has 0 aliphatic heterocycles. The Labute approximate surface area is 146 Å². The quantitative estimate of drug-likeness (QED) is 0.797. The van der Waals surface area contributed by atoms with Crippen molar-refractivity contribution in [1.82, 2.24) is 4.98 Å². The van der Waals surface area contributed by atoms with E-state index >= 15 is 0 Å². The summed E-state index contributed by atoms with van der Waals surface area (Å²) in [5.41, 5.74) is 1.93. The summed E-state index contributed by atoms with van der Waals surface area (Å²) >= 11 is 12.0. The van der Waals surface area contributed by atoms with Gasteiger partial charge in [0.05, 0.1) is 11.9 Å². The number of carbonyl (C=O) groups excluding carboxylic acids is 1. The molecule has 1 heterocycles. The van der Waals surface area contributed by atoms with Crippen LogP contribution in [0.15, 0.2) is 36.5 Å². The van der Waals surface area contributed by atoms with Crippen LogP contribution >= 0.6 is 23.2 Å². The van der Waals surface area contributed by atoms with E-state index < -0.39 is 0 Å². The first-order valence-electron chi connectivity index (χ1n) is 7.40. The van der Waals surface area contributed by atoms with Gasteiger partial charge in [0.2, 0.25) is 5.91 Å². The number of nitrogens with zero attached hydrogens (tertiary/aromatic N) is 1. The Morgan fingerprint density at radius 2 is 2.00 bits per heavy atom. The van der Waals surface area contributed by atoms with Crippen LogP contribution in [0.5, 0.6) is 0 Å². The van der Waals surface area contributed by atoms with Gasteiger partial charge in [-0.25, -0.2) is 4.98 Å². The number of halogens is 2.